The number of amides is 1. The minimum absolute atomic E-state index is 0.0770. The molecular weight excluding hydrogens is 274 g/mol. The van der Waals surface area contributed by atoms with Gasteiger partial charge in [-0.2, -0.15) is 0 Å². The Kier molecular flexibility index (Phi) is 3.10. The van der Waals surface area contributed by atoms with Gasteiger partial charge in [-0.05, 0) is 20.8 Å². The van der Waals surface area contributed by atoms with E-state index in [1.54, 1.807) is 6.20 Å². The highest BCUT2D eigenvalue weighted by molar-refractivity contribution is 7.94. The van der Waals surface area contributed by atoms with Crippen molar-refractivity contribution in [2.45, 2.75) is 32.1 Å². The first kappa shape index (κ1) is 13.3. The van der Waals surface area contributed by atoms with Crippen molar-refractivity contribution in [2.75, 3.05) is 11.9 Å². The van der Waals surface area contributed by atoms with E-state index in [0.717, 1.165) is 20.9 Å². The summed E-state index contributed by atoms with van der Waals surface area (Å²) in [6, 6.07) is 0. The minimum atomic E-state index is -3.51. The van der Waals surface area contributed by atoms with Gasteiger partial charge < -0.3 is 5.32 Å². The van der Waals surface area contributed by atoms with Crippen LogP contribution < -0.4 is 5.32 Å². The van der Waals surface area contributed by atoms with Crippen LogP contribution in [0.3, 0.4) is 0 Å². The fourth-order valence-electron chi connectivity index (χ4n) is 1.67. The van der Waals surface area contributed by atoms with Gasteiger partial charge in [0.25, 0.3) is 15.9 Å². The molecular formula is C10H15N3O3S2. The smallest absolute Gasteiger partial charge is 0.259 e. The van der Waals surface area contributed by atoms with Crippen LogP contribution in [-0.4, -0.2) is 34.9 Å². The quantitative estimate of drug-likeness (QED) is 0.895. The number of nitrogens with one attached hydrogen (secondary N) is 1. The molecule has 0 aliphatic carbocycles. The number of nitrogens with zero attached hydrogens (tertiary/aromatic N) is 2. The average Bonchev–Trinajstić information content (AvgIpc) is 2.73. The lowest BCUT2D eigenvalue weighted by molar-refractivity contribution is -0.132. The third kappa shape index (κ3) is 1.79. The molecule has 0 bridgehead atoms. The molecule has 2 heterocycles. The zero-order valence-electron chi connectivity index (χ0n) is 10.4. The molecule has 1 fully saturated rings. The summed E-state index contributed by atoms with van der Waals surface area (Å²) in [5, 5.41) is 3.77. The molecule has 1 aromatic heterocycles. The summed E-state index contributed by atoms with van der Waals surface area (Å²) in [4.78, 5) is 16.6. The Morgan fingerprint density at radius 2 is 2.17 bits per heavy atom. The normalized spacial score (nSPS) is 20.6. The fraction of sp³-hybridized carbons (Fsp3) is 0.600. The van der Waals surface area contributed by atoms with Gasteiger partial charge in [-0.3, -0.25) is 4.79 Å². The van der Waals surface area contributed by atoms with Crippen LogP contribution in [0.1, 0.15) is 25.6 Å². The number of carbonyl (C=O) groups is 1. The molecule has 0 radical (unpaired) electrons. The third-order valence-corrected chi connectivity index (χ3v) is 6.14. The second kappa shape index (κ2) is 4.20. The largest absolute Gasteiger partial charge is 0.362 e. The zero-order valence-corrected chi connectivity index (χ0v) is 12.1. The molecule has 1 aliphatic heterocycles. The average molecular weight is 289 g/mol. The van der Waals surface area contributed by atoms with Crippen LogP contribution >= 0.6 is 11.3 Å². The van der Waals surface area contributed by atoms with Gasteiger partial charge in [-0.25, -0.2) is 17.7 Å². The minimum Gasteiger partial charge on any atom is -0.362 e. The number of hydrogen-bond acceptors (Lipinski definition) is 6. The van der Waals surface area contributed by atoms with E-state index in [9.17, 15) is 13.2 Å². The molecule has 2 rings (SSSR count). The maximum atomic E-state index is 11.9. The number of anilines is 1. The van der Waals surface area contributed by atoms with Crippen molar-refractivity contribution in [1.82, 2.24) is 9.29 Å². The monoisotopic (exact) mass is 289 g/mol. The van der Waals surface area contributed by atoms with Crippen LogP contribution in [0, 0.1) is 0 Å². The first-order valence-corrected chi connectivity index (χ1v) is 7.81. The van der Waals surface area contributed by atoms with Gasteiger partial charge >= 0.3 is 0 Å². The summed E-state index contributed by atoms with van der Waals surface area (Å²) in [5.41, 5.74) is 0. The molecule has 18 heavy (non-hydrogen) atoms. The molecule has 0 aromatic carbocycles. The van der Waals surface area contributed by atoms with Crippen molar-refractivity contribution in [2.24, 2.45) is 0 Å². The van der Waals surface area contributed by atoms with Gasteiger partial charge in [0, 0.05) is 17.6 Å². The highest BCUT2D eigenvalue weighted by Crippen LogP contribution is 2.36. The number of rotatable bonds is 4. The molecule has 1 aromatic rings. The van der Waals surface area contributed by atoms with Gasteiger partial charge in [0.15, 0.2) is 9.88 Å². The molecule has 1 N–H and O–H groups in total. The van der Waals surface area contributed by atoms with E-state index in [2.05, 4.69) is 10.3 Å². The Bertz CT molecular complexity index is 577. The van der Waals surface area contributed by atoms with Crippen LogP contribution in [0.5, 0.6) is 0 Å². The van der Waals surface area contributed by atoms with Crippen molar-refractivity contribution < 1.29 is 13.2 Å². The molecule has 1 aliphatic rings. The maximum Gasteiger partial charge on any atom is 0.259 e. The molecule has 100 valence electrons. The Morgan fingerprint density at radius 3 is 2.72 bits per heavy atom. The van der Waals surface area contributed by atoms with Crippen molar-refractivity contribution >= 4 is 32.4 Å². The summed E-state index contributed by atoms with van der Waals surface area (Å²) in [7, 11) is -3.51. The lowest BCUT2D eigenvalue weighted by atomic mass is 10.2. The highest BCUT2D eigenvalue weighted by Gasteiger charge is 2.60. The first-order chi connectivity index (χ1) is 8.30. The first-order valence-electron chi connectivity index (χ1n) is 5.56. The van der Waals surface area contributed by atoms with Crippen LogP contribution in [0.4, 0.5) is 5.13 Å². The molecule has 0 atom stereocenters. The molecule has 1 amide bonds. The van der Waals surface area contributed by atoms with Gasteiger partial charge in [-0.1, -0.05) is 0 Å². The van der Waals surface area contributed by atoms with Gasteiger partial charge in [-0.15, -0.1) is 11.3 Å². The van der Waals surface area contributed by atoms with Crippen molar-refractivity contribution in [3.05, 3.63) is 11.1 Å². The molecule has 0 saturated carbocycles. The second-order valence-electron chi connectivity index (χ2n) is 4.49. The van der Waals surface area contributed by atoms with E-state index >= 15 is 0 Å². The lowest BCUT2D eigenvalue weighted by Gasteiger charge is -2.42. The predicted molar refractivity (Wildman–Crippen MR) is 69.8 cm³/mol. The van der Waals surface area contributed by atoms with E-state index in [4.69, 9.17) is 0 Å². The SMILES string of the molecule is CCNc1ncc(CN2C(=O)C(C)(C)S2(=O)=O)s1. The maximum absolute atomic E-state index is 11.9. The summed E-state index contributed by atoms with van der Waals surface area (Å²) in [5.74, 6) is -0.360. The summed E-state index contributed by atoms with van der Waals surface area (Å²) < 4.78 is 23.4. The van der Waals surface area contributed by atoms with Gasteiger partial charge in [0.1, 0.15) is 0 Å². The van der Waals surface area contributed by atoms with E-state index in [1.165, 1.54) is 25.2 Å². The van der Waals surface area contributed by atoms with E-state index in [0.29, 0.717) is 0 Å². The molecule has 0 spiro atoms. The molecule has 8 heteroatoms. The summed E-state index contributed by atoms with van der Waals surface area (Å²) in [6.07, 6.45) is 1.59. The standard InChI is InChI=1S/C10H15N3O3S2/c1-4-11-9-12-5-7(17-9)6-13-8(14)10(2,3)18(13,15)16/h5H,4,6H2,1-3H3,(H,11,12). The van der Waals surface area contributed by atoms with Crippen molar-refractivity contribution in [3.63, 3.8) is 0 Å². The number of sulfonamides is 1. The van der Waals surface area contributed by atoms with Crippen LogP contribution in [0.15, 0.2) is 6.20 Å². The molecule has 1 saturated heterocycles. The Labute approximate surface area is 110 Å². The van der Waals surface area contributed by atoms with Gasteiger partial charge in [0.05, 0.1) is 6.54 Å². The second-order valence-corrected chi connectivity index (χ2v) is 8.02. The number of hydrogen-bond donors (Lipinski definition) is 1. The van der Waals surface area contributed by atoms with Crippen LogP contribution in [0.25, 0.3) is 0 Å². The third-order valence-electron chi connectivity index (χ3n) is 2.86. The Hall–Kier alpha value is -1.15. The topological polar surface area (TPSA) is 79.4 Å². The van der Waals surface area contributed by atoms with E-state index < -0.39 is 14.8 Å². The Morgan fingerprint density at radius 1 is 1.50 bits per heavy atom. The Balaban J connectivity index is 2.13. The van der Waals surface area contributed by atoms with E-state index in [1.807, 2.05) is 6.92 Å². The molecule has 6 nitrogen and oxygen atoms in total. The van der Waals surface area contributed by atoms with Crippen LogP contribution in [-0.2, 0) is 21.4 Å². The van der Waals surface area contributed by atoms with Gasteiger partial charge in [0.2, 0.25) is 0 Å². The number of aromatic nitrogens is 1. The predicted octanol–water partition coefficient (Wildman–Crippen LogP) is 1.03. The fourth-order valence-corrected chi connectivity index (χ4v) is 4.12. The van der Waals surface area contributed by atoms with Crippen LogP contribution in [0.2, 0.25) is 0 Å². The number of thiazole rings is 1. The molecule has 0 unspecified atom stereocenters. The van der Waals surface area contributed by atoms with Crippen molar-refractivity contribution in [1.29, 1.82) is 0 Å². The highest BCUT2D eigenvalue weighted by atomic mass is 32.2. The zero-order chi connectivity index (χ0) is 13.6. The number of carbonyl (C=O) groups excluding carboxylic acids is 1. The van der Waals surface area contributed by atoms with E-state index in [-0.39, 0.29) is 12.5 Å². The summed E-state index contributed by atoms with van der Waals surface area (Å²) in [6.45, 7) is 5.64. The summed E-state index contributed by atoms with van der Waals surface area (Å²) >= 11 is 1.36. The van der Waals surface area contributed by atoms with Crippen molar-refractivity contribution in [3.8, 4) is 0 Å². The lowest BCUT2D eigenvalue weighted by Crippen LogP contribution is -2.66.